The Balaban J connectivity index is 2.02. The van der Waals surface area contributed by atoms with Gasteiger partial charge in [0.05, 0.1) is 12.7 Å². The first-order valence-corrected chi connectivity index (χ1v) is 7.60. The summed E-state index contributed by atoms with van der Waals surface area (Å²) in [7, 11) is 0. The molecule has 1 amide bonds. The fourth-order valence-electron chi connectivity index (χ4n) is 2.23. The van der Waals surface area contributed by atoms with Crippen molar-refractivity contribution in [2.45, 2.75) is 40.0 Å². The highest BCUT2D eigenvalue weighted by Gasteiger charge is 2.09. The van der Waals surface area contributed by atoms with Crippen molar-refractivity contribution < 1.29 is 9.53 Å². The van der Waals surface area contributed by atoms with Gasteiger partial charge in [0, 0.05) is 12.1 Å². The van der Waals surface area contributed by atoms with Crippen LogP contribution in [0.25, 0.3) is 0 Å². The zero-order valence-corrected chi connectivity index (χ0v) is 13.4. The molecule has 0 saturated carbocycles. The Morgan fingerprint density at radius 1 is 1.05 bits per heavy atom. The second kappa shape index (κ2) is 7.76. The van der Waals surface area contributed by atoms with Crippen LogP contribution in [-0.4, -0.2) is 12.0 Å². The zero-order valence-electron chi connectivity index (χ0n) is 13.4. The predicted octanol–water partition coefficient (Wildman–Crippen LogP) is 3.85. The summed E-state index contributed by atoms with van der Waals surface area (Å²) in [5, 5.41) is 2.99. The van der Waals surface area contributed by atoms with E-state index in [2.05, 4.69) is 5.32 Å². The summed E-state index contributed by atoms with van der Waals surface area (Å²) in [4.78, 5) is 12.3. The number of carbonyl (C=O) groups is 1. The number of nitrogens with one attached hydrogen (secondary N) is 1. The number of hydrogen-bond donors (Lipinski definition) is 1. The first-order chi connectivity index (χ1) is 10.6. The Bertz CT molecular complexity index is 635. The molecule has 0 aliphatic heterocycles. The van der Waals surface area contributed by atoms with Crippen LogP contribution < -0.4 is 5.32 Å². The Hall–Kier alpha value is -2.13. The highest BCUT2D eigenvalue weighted by molar-refractivity contribution is 5.95. The molecule has 0 aliphatic rings. The SMILES string of the molecule is Cc1ccccc1C(=O)NCc1ccccc1COC(C)C. The lowest BCUT2D eigenvalue weighted by molar-refractivity contribution is 0.0651. The number of aryl methyl sites for hydroxylation is 1. The lowest BCUT2D eigenvalue weighted by Crippen LogP contribution is -2.24. The third kappa shape index (κ3) is 4.43. The van der Waals surface area contributed by atoms with Crippen LogP contribution in [0.2, 0.25) is 0 Å². The van der Waals surface area contributed by atoms with Crippen molar-refractivity contribution in [3.63, 3.8) is 0 Å². The summed E-state index contributed by atoms with van der Waals surface area (Å²) in [5.74, 6) is -0.0438. The highest BCUT2D eigenvalue weighted by atomic mass is 16.5. The lowest BCUT2D eigenvalue weighted by Gasteiger charge is -2.13. The van der Waals surface area contributed by atoms with Crippen LogP contribution in [0.1, 0.15) is 40.9 Å². The van der Waals surface area contributed by atoms with Crippen LogP contribution in [0.15, 0.2) is 48.5 Å². The number of carbonyl (C=O) groups excluding carboxylic acids is 1. The van der Waals surface area contributed by atoms with Crippen molar-refractivity contribution >= 4 is 5.91 Å². The largest absolute Gasteiger partial charge is 0.374 e. The van der Waals surface area contributed by atoms with Gasteiger partial charge in [-0.25, -0.2) is 0 Å². The molecule has 3 heteroatoms. The molecule has 0 fully saturated rings. The van der Waals surface area contributed by atoms with Gasteiger partial charge in [0.2, 0.25) is 0 Å². The number of rotatable bonds is 6. The molecular weight excluding hydrogens is 274 g/mol. The Morgan fingerprint density at radius 2 is 1.68 bits per heavy atom. The van der Waals surface area contributed by atoms with E-state index in [0.29, 0.717) is 13.2 Å². The molecule has 0 atom stereocenters. The van der Waals surface area contributed by atoms with Crippen LogP contribution in [0.5, 0.6) is 0 Å². The molecule has 1 N–H and O–H groups in total. The van der Waals surface area contributed by atoms with Crippen LogP contribution in [0.3, 0.4) is 0 Å². The maximum Gasteiger partial charge on any atom is 0.251 e. The van der Waals surface area contributed by atoms with E-state index >= 15 is 0 Å². The van der Waals surface area contributed by atoms with Gasteiger partial charge in [-0.3, -0.25) is 4.79 Å². The number of benzene rings is 2. The summed E-state index contributed by atoms with van der Waals surface area (Å²) < 4.78 is 5.67. The Labute approximate surface area is 132 Å². The molecule has 22 heavy (non-hydrogen) atoms. The maximum atomic E-state index is 12.3. The van der Waals surface area contributed by atoms with Crippen LogP contribution in [-0.2, 0) is 17.9 Å². The smallest absolute Gasteiger partial charge is 0.251 e. The van der Waals surface area contributed by atoms with E-state index in [0.717, 1.165) is 22.3 Å². The third-order valence-corrected chi connectivity index (χ3v) is 3.52. The molecule has 0 unspecified atom stereocenters. The molecule has 0 saturated heterocycles. The van der Waals surface area contributed by atoms with Crippen molar-refractivity contribution in [2.75, 3.05) is 0 Å². The monoisotopic (exact) mass is 297 g/mol. The van der Waals surface area contributed by atoms with E-state index in [1.807, 2.05) is 69.3 Å². The molecule has 0 spiro atoms. The van der Waals surface area contributed by atoms with Gasteiger partial charge >= 0.3 is 0 Å². The average molecular weight is 297 g/mol. The van der Waals surface area contributed by atoms with Gasteiger partial charge < -0.3 is 10.1 Å². The molecule has 2 aromatic carbocycles. The second-order valence-corrected chi connectivity index (χ2v) is 5.63. The quantitative estimate of drug-likeness (QED) is 0.879. The van der Waals surface area contributed by atoms with Gasteiger partial charge in [-0.15, -0.1) is 0 Å². The highest BCUT2D eigenvalue weighted by Crippen LogP contribution is 2.12. The van der Waals surface area contributed by atoms with Gasteiger partial charge in [0.25, 0.3) is 5.91 Å². The molecule has 116 valence electrons. The Kier molecular flexibility index (Phi) is 5.73. The van der Waals surface area contributed by atoms with Crippen molar-refractivity contribution in [1.82, 2.24) is 5.32 Å². The van der Waals surface area contributed by atoms with E-state index in [1.165, 1.54) is 0 Å². The molecular formula is C19H23NO2. The summed E-state index contributed by atoms with van der Waals surface area (Å²) in [5.41, 5.74) is 3.90. The Morgan fingerprint density at radius 3 is 2.36 bits per heavy atom. The predicted molar refractivity (Wildman–Crippen MR) is 88.7 cm³/mol. The summed E-state index contributed by atoms with van der Waals surface area (Å²) in [6, 6.07) is 15.6. The minimum absolute atomic E-state index is 0.0438. The molecule has 2 rings (SSSR count). The first-order valence-electron chi connectivity index (χ1n) is 7.60. The normalized spacial score (nSPS) is 10.7. The van der Waals surface area contributed by atoms with Crippen LogP contribution in [0.4, 0.5) is 0 Å². The minimum atomic E-state index is -0.0438. The average Bonchev–Trinajstić information content (AvgIpc) is 2.51. The zero-order chi connectivity index (χ0) is 15.9. The van der Waals surface area contributed by atoms with E-state index in [4.69, 9.17) is 4.74 Å². The van der Waals surface area contributed by atoms with Crippen molar-refractivity contribution in [3.8, 4) is 0 Å². The lowest BCUT2D eigenvalue weighted by atomic mass is 10.1. The van der Waals surface area contributed by atoms with Gasteiger partial charge in [0.1, 0.15) is 0 Å². The number of ether oxygens (including phenoxy) is 1. The molecule has 3 nitrogen and oxygen atoms in total. The van der Waals surface area contributed by atoms with E-state index in [-0.39, 0.29) is 12.0 Å². The van der Waals surface area contributed by atoms with Crippen molar-refractivity contribution in [2.24, 2.45) is 0 Å². The van der Waals surface area contributed by atoms with E-state index < -0.39 is 0 Å². The van der Waals surface area contributed by atoms with Crippen molar-refractivity contribution in [3.05, 3.63) is 70.8 Å². The number of hydrogen-bond acceptors (Lipinski definition) is 2. The maximum absolute atomic E-state index is 12.3. The molecule has 2 aromatic rings. The molecule has 0 bridgehead atoms. The van der Waals surface area contributed by atoms with Gasteiger partial charge in [-0.1, -0.05) is 42.5 Å². The second-order valence-electron chi connectivity index (χ2n) is 5.63. The fraction of sp³-hybridized carbons (Fsp3) is 0.316. The summed E-state index contributed by atoms with van der Waals surface area (Å²) in [6.45, 7) is 7.04. The first kappa shape index (κ1) is 16.2. The van der Waals surface area contributed by atoms with Gasteiger partial charge in [-0.05, 0) is 43.5 Å². The standard InChI is InChI=1S/C19H23NO2/c1-14(2)22-13-17-10-6-5-9-16(17)12-20-19(21)18-11-7-4-8-15(18)3/h4-11,14H,12-13H2,1-3H3,(H,20,21). The summed E-state index contributed by atoms with van der Waals surface area (Å²) >= 11 is 0. The van der Waals surface area contributed by atoms with Crippen molar-refractivity contribution in [1.29, 1.82) is 0 Å². The van der Waals surface area contributed by atoms with Crippen LogP contribution in [0, 0.1) is 6.92 Å². The summed E-state index contributed by atoms with van der Waals surface area (Å²) in [6.07, 6.45) is 0.189. The fourth-order valence-corrected chi connectivity index (χ4v) is 2.23. The molecule has 0 aliphatic carbocycles. The number of amides is 1. The van der Waals surface area contributed by atoms with Gasteiger partial charge in [0.15, 0.2) is 0 Å². The van der Waals surface area contributed by atoms with Gasteiger partial charge in [-0.2, -0.15) is 0 Å². The molecule has 0 radical (unpaired) electrons. The minimum Gasteiger partial charge on any atom is -0.374 e. The topological polar surface area (TPSA) is 38.3 Å². The molecule has 0 heterocycles. The van der Waals surface area contributed by atoms with Crippen LogP contribution >= 0.6 is 0 Å². The molecule has 0 aromatic heterocycles. The third-order valence-electron chi connectivity index (χ3n) is 3.52. The van der Waals surface area contributed by atoms with E-state index in [9.17, 15) is 4.79 Å². The van der Waals surface area contributed by atoms with E-state index in [1.54, 1.807) is 0 Å².